The quantitative estimate of drug-likeness (QED) is 0.781. The molecule has 0 radical (unpaired) electrons. The fourth-order valence-corrected chi connectivity index (χ4v) is 2.79. The fraction of sp³-hybridized carbons (Fsp3) is 0.600. The van der Waals surface area contributed by atoms with Gasteiger partial charge in [-0.25, -0.2) is 4.39 Å². The molecule has 2 nitrogen and oxygen atoms in total. The standard InChI is InChI=1S/C15H20F4N2.2ClH/c1-2-3-14(21-8-6-20-7-9-21)11-4-5-13(16)12(10-11)15(17,18)19;;/h4-5,10,14,20H,2-3,6-9H2,1H3;2*1H/t14-;;/m0../s1. The maximum Gasteiger partial charge on any atom is 0.419 e. The van der Waals surface area contributed by atoms with Gasteiger partial charge in [0.1, 0.15) is 5.82 Å². The molecule has 1 aromatic carbocycles. The Bertz CT molecular complexity index is 477. The van der Waals surface area contributed by atoms with Crippen molar-refractivity contribution in [2.45, 2.75) is 32.0 Å². The van der Waals surface area contributed by atoms with Crippen molar-refractivity contribution in [3.63, 3.8) is 0 Å². The van der Waals surface area contributed by atoms with Crippen molar-refractivity contribution in [2.24, 2.45) is 0 Å². The third-order valence-electron chi connectivity index (χ3n) is 3.84. The second-order valence-corrected chi connectivity index (χ2v) is 5.33. The minimum atomic E-state index is -4.65. The van der Waals surface area contributed by atoms with Crippen LogP contribution >= 0.6 is 24.8 Å². The van der Waals surface area contributed by atoms with Gasteiger partial charge in [0.25, 0.3) is 0 Å². The van der Waals surface area contributed by atoms with Crippen LogP contribution in [0.1, 0.15) is 36.9 Å². The monoisotopic (exact) mass is 376 g/mol. The third kappa shape index (κ3) is 5.78. The second kappa shape index (κ2) is 9.67. The van der Waals surface area contributed by atoms with E-state index >= 15 is 0 Å². The van der Waals surface area contributed by atoms with Crippen LogP contribution in [0.2, 0.25) is 0 Å². The number of hydrogen-bond donors (Lipinski definition) is 1. The molecule has 0 aromatic heterocycles. The minimum Gasteiger partial charge on any atom is -0.314 e. The van der Waals surface area contributed by atoms with Crippen LogP contribution < -0.4 is 5.32 Å². The van der Waals surface area contributed by atoms with Crippen LogP contribution in [0.15, 0.2) is 18.2 Å². The highest BCUT2D eigenvalue weighted by Crippen LogP contribution is 2.35. The summed E-state index contributed by atoms with van der Waals surface area (Å²) in [6.45, 7) is 5.25. The van der Waals surface area contributed by atoms with Gasteiger partial charge in [0.15, 0.2) is 0 Å². The van der Waals surface area contributed by atoms with Gasteiger partial charge in [-0.2, -0.15) is 13.2 Å². The summed E-state index contributed by atoms with van der Waals surface area (Å²) in [5, 5.41) is 3.23. The molecule has 0 spiro atoms. The topological polar surface area (TPSA) is 15.3 Å². The van der Waals surface area contributed by atoms with Crippen molar-refractivity contribution in [3.8, 4) is 0 Å². The molecule has 23 heavy (non-hydrogen) atoms. The molecule has 2 rings (SSSR count). The first kappa shape index (κ1) is 22.4. The highest BCUT2D eigenvalue weighted by atomic mass is 35.5. The average molecular weight is 377 g/mol. The second-order valence-electron chi connectivity index (χ2n) is 5.33. The largest absolute Gasteiger partial charge is 0.419 e. The van der Waals surface area contributed by atoms with Gasteiger partial charge in [0, 0.05) is 32.2 Å². The van der Waals surface area contributed by atoms with E-state index < -0.39 is 17.6 Å². The molecule has 8 heteroatoms. The summed E-state index contributed by atoms with van der Waals surface area (Å²) in [5.41, 5.74) is -0.622. The van der Waals surface area contributed by atoms with Crippen molar-refractivity contribution in [1.29, 1.82) is 0 Å². The van der Waals surface area contributed by atoms with Crippen molar-refractivity contribution in [3.05, 3.63) is 35.1 Å². The summed E-state index contributed by atoms with van der Waals surface area (Å²) in [6.07, 6.45) is -3.02. The van der Waals surface area contributed by atoms with Gasteiger partial charge in [-0.3, -0.25) is 4.90 Å². The van der Waals surface area contributed by atoms with Crippen LogP contribution in [0.3, 0.4) is 0 Å². The molecule has 0 unspecified atom stereocenters. The van der Waals surface area contributed by atoms with Crippen molar-refractivity contribution < 1.29 is 17.6 Å². The van der Waals surface area contributed by atoms with E-state index in [1.165, 1.54) is 6.07 Å². The normalized spacial score (nSPS) is 17.1. The number of halogens is 6. The Morgan fingerprint density at radius 3 is 2.30 bits per heavy atom. The Kier molecular flexibility index (Phi) is 9.43. The first-order valence-corrected chi connectivity index (χ1v) is 7.25. The molecule has 0 amide bonds. The molecule has 1 atom stereocenters. The van der Waals surface area contributed by atoms with Crippen molar-refractivity contribution in [1.82, 2.24) is 10.2 Å². The Morgan fingerprint density at radius 2 is 1.78 bits per heavy atom. The van der Waals surface area contributed by atoms with Crippen LogP contribution in [-0.4, -0.2) is 31.1 Å². The molecule has 1 fully saturated rings. The van der Waals surface area contributed by atoms with Crippen LogP contribution in [0, 0.1) is 5.82 Å². The first-order valence-electron chi connectivity index (χ1n) is 7.25. The van der Waals surface area contributed by atoms with Gasteiger partial charge in [0.2, 0.25) is 0 Å². The van der Waals surface area contributed by atoms with Gasteiger partial charge in [0.05, 0.1) is 5.56 Å². The van der Waals surface area contributed by atoms with Gasteiger partial charge < -0.3 is 5.32 Å². The lowest BCUT2D eigenvalue weighted by atomic mass is 9.97. The molecule has 134 valence electrons. The van der Waals surface area contributed by atoms with E-state index in [9.17, 15) is 17.6 Å². The molecule has 0 aliphatic carbocycles. The molecule has 0 saturated carbocycles. The molecule has 0 bridgehead atoms. The van der Waals surface area contributed by atoms with E-state index in [1.807, 2.05) is 6.92 Å². The fourth-order valence-electron chi connectivity index (χ4n) is 2.79. The highest BCUT2D eigenvalue weighted by molar-refractivity contribution is 5.85. The predicted octanol–water partition coefficient (Wildman–Crippen LogP) is 4.43. The molecule has 1 heterocycles. The Morgan fingerprint density at radius 1 is 1.17 bits per heavy atom. The van der Waals surface area contributed by atoms with E-state index in [1.54, 1.807) is 0 Å². The van der Waals surface area contributed by atoms with Crippen molar-refractivity contribution >= 4 is 24.8 Å². The Labute approximate surface area is 146 Å². The summed E-state index contributed by atoms with van der Waals surface area (Å²) < 4.78 is 52.0. The van der Waals surface area contributed by atoms with Crippen LogP contribution in [0.25, 0.3) is 0 Å². The molecular weight excluding hydrogens is 355 g/mol. The lowest BCUT2D eigenvalue weighted by Crippen LogP contribution is -2.45. The summed E-state index contributed by atoms with van der Waals surface area (Å²) in [4.78, 5) is 2.17. The van der Waals surface area contributed by atoms with Crippen LogP contribution in [-0.2, 0) is 6.18 Å². The minimum absolute atomic E-state index is 0. The van der Waals surface area contributed by atoms with Gasteiger partial charge in [-0.1, -0.05) is 19.4 Å². The zero-order chi connectivity index (χ0) is 15.5. The molecule has 1 aliphatic heterocycles. The van der Waals surface area contributed by atoms with Gasteiger partial charge in [-0.15, -0.1) is 24.8 Å². The number of benzene rings is 1. The SMILES string of the molecule is CCC[C@@H](c1ccc(F)c(C(F)(F)F)c1)N1CCNCC1.Cl.Cl. The summed E-state index contributed by atoms with van der Waals surface area (Å²) >= 11 is 0. The Balaban J connectivity index is 0.00000242. The number of nitrogens with zero attached hydrogens (tertiary/aromatic N) is 1. The number of hydrogen-bond acceptors (Lipinski definition) is 2. The lowest BCUT2D eigenvalue weighted by molar-refractivity contribution is -0.140. The Hall–Kier alpha value is -0.560. The van der Waals surface area contributed by atoms with Crippen LogP contribution in [0.4, 0.5) is 17.6 Å². The maximum absolute atomic E-state index is 13.4. The smallest absolute Gasteiger partial charge is 0.314 e. The molecule has 1 aliphatic rings. The molecule has 1 aromatic rings. The summed E-state index contributed by atoms with van der Waals surface area (Å²) in [5.74, 6) is -1.21. The molecule has 1 N–H and O–H groups in total. The lowest BCUT2D eigenvalue weighted by Gasteiger charge is -2.35. The van der Waals surface area contributed by atoms with E-state index in [0.717, 1.165) is 51.2 Å². The summed E-state index contributed by atoms with van der Waals surface area (Å²) in [6, 6.07) is 3.30. The van der Waals surface area contributed by atoms with Crippen molar-refractivity contribution in [2.75, 3.05) is 26.2 Å². The van der Waals surface area contributed by atoms with Gasteiger partial charge in [-0.05, 0) is 24.1 Å². The van der Waals surface area contributed by atoms with E-state index in [-0.39, 0.29) is 30.9 Å². The average Bonchev–Trinajstić information content (AvgIpc) is 2.45. The van der Waals surface area contributed by atoms with E-state index in [2.05, 4.69) is 10.2 Å². The number of nitrogens with one attached hydrogen (secondary N) is 1. The number of piperazine rings is 1. The van der Waals surface area contributed by atoms with E-state index in [0.29, 0.717) is 5.56 Å². The third-order valence-corrected chi connectivity index (χ3v) is 3.84. The zero-order valence-electron chi connectivity index (χ0n) is 12.8. The number of rotatable bonds is 4. The zero-order valence-corrected chi connectivity index (χ0v) is 14.5. The van der Waals surface area contributed by atoms with E-state index in [4.69, 9.17) is 0 Å². The predicted molar refractivity (Wildman–Crippen MR) is 88.0 cm³/mol. The first-order chi connectivity index (χ1) is 9.93. The van der Waals surface area contributed by atoms with Gasteiger partial charge >= 0.3 is 6.18 Å². The molecule has 1 saturated heterocycles. The van der Waals surface area contributed by atoms with Crippen LogP contribution in [0.5, 0.6) is 0 Å². The maximum atomic E-state index is 13.4. The molecular formula is C15H22Cl2F4N2. The summed E-state index contributed by atoms with van der Waals surface area (Å²) in [7, 11) is 0. The highest BCUT2D eigenvalue weighted by Gasteiger charge is 2.35. The number of alkyl halides is 3.